The lowest BCUT2D eigenvalue weighted by Gasteiger charge is -2.14. The third kappa shape index (κ3) is 2.25. The Kier molecular flexibility index (Phi) is 2.85. The molecule has 1 aliphatic rings. The number of benzene rings is 1. The molecule has 0 bridgehead atoms. The fourth-order valence-electron chi connectivity index (χ4n) is 1.97. The molecule has 0 spiro atoms. The Labute approximate surface area is 92.3 Å². The molecule has 1 aromatic carbocycles. The van der Waals surface area contributed by atoms with Gasteiger partial charge >= 0.3 is 0 Å². The Hall–Kier alpha value is -1.18. The predicted octanol–water partition coefficient (Wildman–Crippen LogP) is 2.75. The Morgan fingerprint density at radius 2 is 2.20 bits per heavy atom. The van der Waals surface area contributed by atoms with Gasteiger partial charge in [0.15, 0.2) is 0 Å². The van der Waals surface area contributed by atoms with Crippen molar-refractivity contribution in [3.05, 3.63) is 23.8 Å². The van der Waals surface area contributed by atoms with Crippen LogP contribution in [0.3, 0.4) is 0 Å². The number of likely N-dealkylation sites (N-methyl/N-ethyl adjacent to an activating group) is 1. The molecule has 2 nitrogen and oxygen atoms in total. The van der Waals surface area contributed by atoms with Crippen molar-refractivity contribution < 1.29 is 0 Å². The Bertz CT molecular complexity index is 344. The summed E-state index contributed by atoms with van der Waals surface area (Å²) in [7, 11) is 2.16. The van der Waals surface area contributed by atoms with Gasteiger partial charge in [-0.3, -0.25) is 0 Å². The highest BCUT2D eigenvalue weighted by molar-refractivity contribution is 5.65. The molecule has 0 unspecified atom stereocenters. The first-order valence-corrected chi connectivity index (χ1v) is 5.75. The quantitative estimate of drug-likeness (QED) is 0.814. The minimum absolute atomic E-state index is 0.691. The summed E-state index contributed by atoms with van der Waals surface area (Å²) in [4.78, 5) is 2.33. The lowest BCUT2D eigenvalue weighted by molar-refractivity contribution is 0.689. The number of fused-ring (bicyclic) bond motifs is 1. The molecule has 2 heteroatoms. The van der Waals surface area contributed by atoms with Gasteiger partial charge in [0, 0.05) is 31.5 Å². The van der Waals surface area contributed by atoms with Crippen LogP contribution in [0.5, 0.6) is 0 Å². The molecule has 0 amide bonds. The number of nitrogens with zero attached hydrogens (tertiary/aromatic N) is 1. The van der Waals surface area contributed by atoms with Gasteiger partial charge in [-0.15, -0.1) is 0 Å². The van der Waals surface area contributed by atoms with Crippen LogP contribution in [0.1, 0.15) is 19.4 Å². The molecular formula is C13H20N2. The SMILES string of the molecule is CC(C)CNc1ccc2c(c1)N(C)CC2. The molecule has 1 N–H and O–H groups in total. The van der Waals surface area contributed by atoms with Gasteiger partial charge in [-0.1, -0.05) is 19.9 Å². The summed E-state index contributed by atoms with van der Waals surface area (Å²) in [5, 5.41) is 3.47. The fourth-order valence-corrected chi connectivity index (χ4v) is 1.97. The number of rotatable bonds is 3. The van der Waals surface area contributed by atoms with E-state index in [9.17, 15) is 0 Å². The van der Waals surface area contributed by atoms with Crippen molar-refractivity contribution >= 4 is 11.4 Å². The largest absolute Gasteiger partial charge is 0.385 e. The van der Waals surface area contributed by atoms with Crippen LogP contribution in [0, 0.1) is 5.92 Å². The summed E-state index contributed by atoms with van der Waals surface area (Å²) in [6, 6.07) is 6.71. The number of anilines is 2. The van der Waals surface area contributed by atoms with E-state index in [4.69, 9.17) is 0 Å². The molecule has 0 aliphatic carbocycles. The summed E-state index contributed by atoms with van der Waals surface area (Å²) < 4.78 is 0. The third-order valence-electron chi connectivity index (χ3n) is 2.93. The van der Waals surface area contributed by atoms with Gasteiger partial charge < -0.3 is 10.2 Å². The van der Waals surface area contributed by atoms with Crippen LogP contribution < -0.4 is 10.2 Å². The van der Waals surface area contributed by atoms with Crippen LogP contribution in [0.2, 0.25) is 0 Å². The highest BCUT2D eigenvalue weighted by atomic mass is 15.1. The van der Waals surface area contributed by atoms with Crippen LogP contribution in [0.25, 0.3) is 0 Å². The first-order valence-electron chi connectivity index (χ1n) is 5.75. The molecule has 0 aromatic heterocycles. The van der Waals surface area contributed by atoms with Gasteiger partial charge in [0.1, 0.15) is 0 Å². The van der Waals surface area contributed by atoms with E-state index in [1.54, 1.807) is 0 Å². The molecule has 1 heterocycles. The van der Waals surface area contributed by atoms with E-state index in [1.165, 1.54) is 23.4 Å². The zero-order valence-corrected chi connectivity index (χ0v) is 9.88. The van der Waals surface area contributed by atoms with Gasteiger partial charge in [0.05, 0.1) is 0 Å². The average Bonchev–Trinajstić information content (AvgIpc) is 2.57. The smallest absolute Gasteiger partial charge is 0.0417 e. The van der Waals surface area contributed by atoms with Crippen LogP contribution in [-0.2, 0) is 6.42 Å². The third-order valence-corrected chi connectivity index (χ3v) is 2.93. The van der Waals surface area contributed by atoms with E-state index in [0.717, 1.165) is 13.1 Å². The molecule has 1 aromatic rings. The minimum Gasteiger partial charge on any atom is -0.385 e. The fraction of sp³-hybridized carbons (Fsp3) is 0.538. The Morgan fingerprint density at radius 1 is 1.40 bits per heavy atom. The molecule has 1 aliphatic heterocycles. The van der Waals surface area contributed by atoms with Crippen LogP contribution in [-0.4, -0.2) is 20.1 Å². The second-order valence-electron chi connectivity index (χ2n) is 4.79. The van der Waals surface area contributed by atoms with Crippen molar-refractivity contribution in [3.8, 4) is 0 Å². The van der Waals surface area contributed by atoms with Crippen molar-refractivity contribution in [1.82, 2.24) is 0 Å². The topological polar surface area (TPSA) is 15.3 Å². The van der Waals surface area contributed by atoms with Crippen LogP contribution in [0.15, 0.2) is 18.2 Å². The van der Waals surface area contributed by atoms with Gasteiger partial charge in [-0.25, -0.2) is 0 Å². The molecule has 82 valence electrons. The van der Waals surface area contributed by atoms with Gasteiger partial charge in [0.2, 0.25) is 0 Å². The van der Waals surface area contributed by atoms with E-state index in [-0.39, 0.29) is 0 Å². The first-order chi connectivity index (χ1) is 7.16. The van der Waals surface area contributed by atoms with E-state index >= 15 is 0 Å². The summed E-state index contributed by atoms with van der Waals surface area (Å²) in [6.07, 6.45) is 1.19. The monoisotopic (exact) mass is 204 g/mol. The molecule has 0 fully saturated rings. The van der Waals surface area contributed by atoms with Crippen LogP contribution >= 0.6 is 0 Å². The molecule has 2 rings (SSSR count). The van der Waals surface area contributed by atoms with Crippen molar-refractivity contribution in [1.29, 1.82) is 0 Å². The maximum atomic E-state index is 3.47. The number of hydrogen-bond acceptors (Lipinski definition) is 2. The predicted molar refractivity (Wildman–Crippen MR) is 66.7 cm³/mol. The van der Waals surface area contributed by atoms with Crippen molar-refractivity contribution in [3.63, 3.8) is 0 Å². The summed E-state index contributed by atoms with van der Waals surface area (Å²) in [5.41, 5.74) is 4.12. The number of hydrogen-bond donors (Lipinski definition) is 1. The maximum Gasteiger partial charge on any atom is 0.0417 e. The Balaban J connectivity index is 2.11. The van der Waals surface area contributed by atoms with Gasteiger partial charge in [-0.05, 0) is 30.0 Å². The summed E-state index contributed by atoms with van der Waals surface area (Å²) >= 11 is 0. The maximum absolute atomic E-state index is 3.47. The molecule has 0 saturated carbocycles. The second-order valence-corrected chi connectivity index (χ2v) is 4.79. The highest BCUT2D eigenvalue weighted by Gasteiger charge is 2.15. The van der Waals surface area contributed by atoms with E-state index in [0.29, 0.717) is 5.92 Å². The lowest BCUT2D eigenvalue weighted by Crippen LogP contribution is -2.13. The molecule has 0 radical (unpaired) electrons. The molecule has 0 atom stereocenters. The first kappa shape index (κ1) is 10.3. The van der Waals surface area contributed by atoms with Crippen LogP contribution in [0.4, 0.5) is 11.4 Å². The average molecular weight is 204 g/mol. The van der Waals surface area contributed by atoms with Gasteiger partial charge in [-0.2, -0.15) is 0 Å². The summed E-state index contributed by atoms with van der Waals surface area (Å²) in [5.74, 6) is 0.691. The highest BCUT2D eigenvalue weighted by Crippen LogP contribution is 2.29. The number of nitrogens with one attached hydrogen (secondary N) is 1. The standard InChI is InChI=1S/C13H20N2/c1-10(2)9-14-12-5-4-11-6-7-15(3)13(11)8-12/h4-5,8,10,14H,6-7,9H2,1-3H3. The zero-order valence-electron chi connectivity index (χ0n) is 9.88. The van der Waals surface area contributed by atoms with E-state index < -0.39 is 0 Å². The van der Waals surface area contributed by atoms with E-state index in [2.05, 4.69) is 49.3 Å². The normalized spacial score (nSPS) is 14.5. The minimum atomic E-state index is 0.691. The van der Waals surface area contributed by atoms with Gasteiger partial charge in [0.25, 0.3) is 0 Å². The van der Waals surface area contributed by atoms with E-state index in [1.807, 2.05) is 0 Å². The summed E-state index contributed by atoms with van der Waals surface area (Å²) in [6.45, 7) is 6.66. The van der Waals surface area contributed by atoms with Crippen molar-refractivity contribution in [2.75, 3.05) is 30.4 Å². The zero-order chi connectivity index (χ0) is 10.8. The van der Waals surface area contributed by atoms with Crippen molar-refractivity contribution in [2.24, 2.45) is 5.92 Å². The molecular weight excluding hydrogens is 184 g/mol. The second kappa shape index (κ2) is 4.13. The van der Waals surface area contributed by atoms with Crippen molar-refractivity contribution in [2.45, 2.75) is 20.3 Å². The Morgan fingerprint density at radius 3 is 2.93 bits per heavy atom. The molecule has 0 saturated heterocycles. The lowest BCUT2D eigenvalue weighted by atomic mass is 10.1. The molecule has 15 heavy (non-hydrogen) atoms.